The number of hydrogen-bond acceptors (Lipinski definition) is 23. The average molecular weight is 2070 g/mol. The van der Waals surface area contributed by atoms with Crippen LogP contribution >= 0.6 is 75.5 Å². The standard InChI is InChI=1S/C15H25N2O5P.2C15H25N2O4P.C14H22ClN2O3P.C14H22FN2O3P.C14H22IN2O3P/c1-16-11(18)6-8-17(15(16)20)14-13(21-2)12(19)10(22-14)7-9-23(3,4)5;1-10-16-12(18)6-8-17(10)15-14(20-2)13(19)11(21-15)7-9-22(3,4)5;1-9-10(8-16-15(19)17-9)13-14(20-2)12(18)11(21-13)6-7-22(3,4)5;3*1-8-9(7-16-14(19)17-8)13-11(15)12(18)10(20-13)5-6-21(2,3)4/h6,8,10,12-14,19H,3,7,9H2,1-2,4-5H3;6,8,11,13-15,19H,1,3,7,9H2,2,4-5H3,(H,16,18);8,11-14,18H,1,3,6-7H2,2,4-5H3,(H2,16,17,19);3*7,10-13,18H,1-2,5-6H2,3-4H3,(H2,16,17,19)/t10-,12-,13-,14-;11-,13-,14-,15-;11-,12-,13+,14-;3*10-,11-,12-,13+/m111111/s1. The van der Waals surface area contributed by atoms with Crippen molar-refractivity contribution in [3.63, 3.8) is 0 Å². The number of rotatable bonds is 27. The van der Waals surface area contributed by atoms with Gasteiger partial charge in [0, 0.05) is 123 Å². The molecule has 12 rings (SSSR count). The molecule has 0 aliphatic carbocycles. The summed E-state index contributed by atoms with van der Waals surface area (Å²) in [5, 5.41) is 84.5. The number of methoxy groups -OCH3 is 3. The molecule has 0 unspecified atom stereocenters. The second-order valence-corrected chi connectivity index (χ2v) is 65.7. The summed E-state index contributed by atoms with van der Waals surface area (Å²) in [5.74, 6) is 0.186. The molecule has 15 N–H and O–H groups in total. The molecular formula is C87H141ClFIN12O22P6. The van der Waals surface area contributed by atoms with Crippen molar-refractivity contribution in [2.24, 2.45) is 7.05 Å². The van der Waals surface area contributed by atoms with Crippen LogP contribution in [-0.4, -0.2) is 388 Å². The van der Waals surface area contributed by atoms with Crippen LogP contribution in [0.5, 0.6) is 0 Å². The molecule has 130 heavy (non-hydrogen) atoms. The van der Waals surface area contributed by atoms with Crippen molar-refractivity contribution in [1.29, 1.82) is 0 Å². The van der Waals surface area contributed by atoms with Gasteiger partial charge in [-0.15, -0.1) is 90.7 Å². The van der Waals surface area contributed by atoms with Crippen molar-refractivity contribution in [1.82, 2.24) is 61.9 Å². The van der Waals surface area contributed by atoms with Crippen LogP contribution in [0.1, 0.15) is 44.8 Å². The molecule has 6 saturated heterocycles. The lowest BCUT2D eigenvalue weighted by atomic mass is 9.99. The molecule has 0 saturated carbocycles. The summed E-state index contributed by atoms with van der Waals surface area (Å²) in [6, 6.07) is -0.0952. The summed E-state index contributed by atoms with van der Waals surface area (Å²) in [6.45, 7) is 37.5. The van der Waals surface area contributed by atoms with Gasteiger partial charge in [0.25, 0.3) is 11.5 Å². The maximum atomic E-state index is 14.3. The Morgan fingerprint density at radius 3 is 1.12 bits per heavy atom. The van der Waals surface area contributed by atoms with Gasteiger partial charge in [0.15, 0.2) is 18.6 Å². The second kappa shape index (κ2) is 47.6. The zero-order valence-corrected chi connectivity index (χ0v) is 85.9. The molecule has 0 spiro atoms. The number of nitrogens with one attached hydrogen (secondary N) is 9. The highest BCUT2D eigenvalue weighted by molar-refractivity contribution is 14.1. The number of aromatic nitrogens is 2. The lowest BCUT2D eigenvalue weighted by Crippen LogP contribution is -2.47. The van der Waals surface area contributed by atoms with E-state index in [0.717, 1.165) is 72.8 Å². The van der Waals surface area contributed by atoms with E-state index in [4.69, 9.17) is 54.2 Å². The van der Waals surface area contributed by atoms with Gasteiger partial charge < -0.3 is 126 Å². The highest BCUT2D eigenvalue weighted by Crippen LogP contribution is 2.47. The van der Waals surface area contributed by atoms with E-state index in [2.05, 4.69) is 221 Å². The third-order valence-corrected chi connectivity index (χ3v) is 33.4. The molecule has 1 aromatic rings. The van der Waals surface area contributed by atoms with Crippen LogP contribution in [0.15, 0.2) is 143 Å². The largest absolute Gasteiger partial charge is 0.389 e. The maximum absolute atomic E-state index is 14.3. The lowest BCUT2D eigenvalue weighted by Gasteiger charge is -2.33. The number of carbonyl (C=O) groups is 5. The Morgan fingerprint density at radius 1 is 0.431 bits per heavy atom. The highest BCUT2D eigenvalue weighted by atomic mass is 127. The monoisotopic (exact) mass is 2070 g/mol. The van der Waals surface area contributed by atoms with Crippen LogP contribution in [0.3, 0.4) is 0 Å². The van der Waals surface area contributed by atoms with Gasteiger partial charge in [-0.1, -0.05) is 55.5 Å². The van der Waals surface area contributed by atoms with E-state index < -0.39 is 162 Å². The van der Waals surface area contributed by atoms with Crippen molar-refractivity contribution in [3.8, 4) is 0 Å². The molecule has 0 radical (unpaired) electrons. The van der Waals surface area contributed by atoms with Crippen molar-refractivity contribution in [2.45, 2.75) is 182 Å². The summed E-state index contributed by atoms with van der Waals surface area (Å²) >= 11 is 8.51. The zero-order chi connectivity index (χ0) is 97.7. The maximum Gasteiger partial charge on any atom is 0.332 e. The normalized spacial score (nSPS) is 32.2. The molecule has 34 nitrogen and oxygen atoms in total. The SMILES string of the molecule is C=C1NC(=O)C=CN1[C@@H]1O[C@H](CCP(=C)(C)C)[C@@H](O)[C@H]1OC.C=C1NC(=O)NC=C1[C@@H]1O[C@H](CCP(=C)(C)C)[C@@H](O)[C@H]1Cl.C=C1NC(=O)NC=C1[C@@H]1O[C@H](CCP(=C)(C)C)[C@@H](O)[C@H]1F.C=C1NC(=O)NC=C1[C@@H]1O[C@H](CCP(=C)(C)C)[C@@H](O)[C@H]1I.C=C1NC(=O)NC=C1[C@@H]1O[C@H](CCP(=C)(C)C)[C@@H](O)[C@H]1OC.C=P(C)(C)CC[C@H]1O[C@@H](n2ccc(=O)n(C)c2=O)[C@H](OC)[C@@H]1O. The van der Waals surface area contributed by atoms with Gasteiger partial charge in [-0.05, 0) is 155 Å². The van der Waals surface area contributed by atoms with Crippen molar-refractivity contribution < 1.29 is 102 Å². The van der Waals surface area contributed by atoms with Crippen molar-refractivity contribution in [2.75, 3.05) is 138 Å². The third kappa shape index (κ3) is 31.8. The highest BCUT2D eigenvalue weighted by Gasteiger charge is 2.52. The van der Waals surface area contributed by atoms with Crippen LogP contribution in [0.4, 0.5) is 23.6 Å². The minimum absolute atomic E-state index is 0.0707. The molecule has 43 heteroatoms. The fourth-order valence-corrected chi connectivity index (χ4v) is 22.4. The van der Waals surface area contributed by atoms with E-state index in [0.29, 0.717) is 58.2 Å². The Bertz CT molecular complexity index is 4690. The number of aliphatic hydroxyl groups is 6. The van der Waals surface area contributed by atoms with Crippen LogP contribution in [0, 0.1) is 0 Å². The molecule has 0 aromatic carbocycles. The number of aliphatic hydroxyl groups excluding tert-OH is 6. The Morgan fingerprint density at radius 2 is 0.738 bits per heavy atom. The van der Waals surface area contributed by atoms with E-state index in [-0.39, 0.29) is 64.0 Å². The van der Waals surface area contributed by atoms with Crippen LogP contribution < -0.4 is 59.1 Å². The Balaban J connectivity index is 0.000000213. The van der Waals surface area contributed by atoms with Crippen molar-refractivity contribution in [3.05, 3.63) is 154 Å². The number of hydrogen-bond donors (Lipinski definition) is 15. The van der Waals surface area contributed by atoms with E-state index in [1.54, 1.807) is 37.7 Å². The number of urea groups is 4. The molecule has 732 valence electrons. The number of ether oxygens (including phenoxy) is 9. The van der Waals surface area contributed by atoms with Gasteiger partial charge in [0.1, 0.15) is 73.0 Å². The van der Waals surface area contributed by atoms with E-state index in [1.165, 1.54) is 49.5 Å². The quantitative estimate of drug-likeness (QED) is 0.0273. The van der Waals surface area contributed by atoms with Gasteiger partial charge in [0.2, 0.25) is 0 Å². The van der Waals surface area contributed by atoms with Gasteiger partial charge in [-0.2, -0.15) is 0 Å². The number of halogens is 3. The summed E-state index contributed by atoms with van der Waals surface area (Å²) in [7, 11) is 5.96. The summed E-state index contributed by atoms with van der Waals surface area (Å²) in [5.41, 5.74) is 3.43. The third-order valence-electron chi connectivity index (χ3n) is 22.7. The van der Waals surface area contributed by atoms with Crippen molar-refractivity contribution >= 4 is 143 Å². The van der Waals surface area contributed by atoms with E-state index in [1.807, 2.05) is 0 Å². The molecule has 11 aliphatic rings. The number of alkyl halides is 3. The Kier molecular flexibility index (Phi) is 40.8. The second-order valence-electron chi connectivity index (χ2n) is 37.8. The summed E-state index contributed by atoms with van der Waals surface area (Å²) in [6.07, 6.45) is 31.8. The zero-order valence-electron chi connectivity index (χ0n) is 77.6. The van der Waals surface area contributed by atoms with Gasteiger partial charge in [-0.3, -0.25) is 18.7 Å². The number of amides is 9. The van der Waals surface area contributed by atoms with Gasteiger partial charge >= 0.3 is 29.8 Å². The molecule has 0 bridgehead atoms. The smallest absolute Gasteiger partial charge is 0.332 e. The lowest BCUT2D eigenvalue weighted by molar-refractivity contribution is -0.118. The fraction of sp³-hybridized carbons (Fsp3) is 0.598. The molecule has 1 aromatic heterocycles. The minimum atomic E-state index is -1.54. The molecule has 12 heterocycles. The molecule has 9 amide bonds. The molecule has 24 atom stereocenters. The van der Waals surface area contributed by atoms with Gasteiger partial charge in [-0.25, -0.2) is 28.4 Å². The first-order chi connectivity index (χ1) is 60.2. The first-order valence-electron chi connectivity index (χ1n) is 42.4. The predicted octanol–water partition coefficient (Wildman–Crippen LogP) is 5.98. The predicted molar refractivity (Wildman–Crippen MR) is 540 cm³/mol. The first-order valence-corrected chi connectivity index (χ1v) is 62.4. The molecular weight excluding hydrogens is 1930 g/mol. The number of nitrogens with zero attached hydrogens (tertiary/aromatic N) is 3. The Hall–Kier alpha value is -5.42. The number of carbonyl (C=O) groups excluding carboxylic acids is 5. The fourth-order valence-electron chi connectivity index (χ4n) is 15.3. The average Bonchev–Trinajstić information content (AvgIpc) is 1.68. The Labute approximate surface area is 783 Å². The topological polar surface area (TPSA) is 445 Å². The van der Waals surface area contributed by atoms with E-state index in [9.17, 15) is 68.6 Å². The molecule has 6 fully saturated rings. The van der Waals surface area contributed by atoms with Crippen LogP contribution in [0.2, 0.25) is 0 Å². The first kappa shape index (κ1) is 112. The van der Waals surface area contributed by atoms with Crippen LogP contribution in [-0.2, 0) is 54.5 Å². The van der Waals surface area contributed by atoms with Crippen LogP contribution in [0.25, 0.3) is 0 Å². The minimum Gasteiger partial charge on any atom is -0.389 e. The van der Waals surface area contributed by atoms with E-state index >= 15 is 0 Å². The summed E-state index contributed by atoms with van der Waals surface area (Å²) in [4.78, 5) is 81.7. The molecule has 11 aliphatic heterocycles. The van der Waals surface area contributed by atoms with Gasteiger partial charge in [0.05, 0.1) is 58.1 Å². The summed E-state index contributed by atoms with van der Waals surface area (Å²) < 4.78 is 68.2.